The molecule has 0 radical (unpaired) electrons. The van der Waals surface area contributed by atoms with Crippen LogP contribution in [0, 0.1) is 0 Å². The van der Waals surface area contributed by atoms with E-state index in [9.17, 15) is 0 Å². The molecular weight excluding hydrogens is 229 g/mol. The molecule has 0 fully saturated rings. The molecule has 9 heavy (non-hydrogen) atoms. The van der Waals surface area contributed by atoms with Gasteiger partial charge in [-0.1, -0.05) is 0 Å². The summed E-state index contributed by atoms with van der Waals surface area (Å²) in [6.45, 7) is 1.99. The molecule has 0 saturated heterocycles. The molecule has 1 heterocycles. The van der Waals surface area contributed by atoms with Crippen LogP contribution < -0.4 is 5.32 Å². The molecule has 6 heteroatoms. The quantitative estimate of drug-likeness (QED) is 0.679. The Morgan fingerprint density at radius 2 is 2.00 bits per heavy atom. The van der Waals surface area contributed by atoms with Crippen molar-refractivity contribution in [2.75, 3.05) is 13.1 Å². The zero-order valence-electron chi connectivity index (χ0n) is 4.41. The van der Waals surface area contributed by atoms with Gasteiger partial charge in [0.2, 0.25) is 0 Å². The molecule has 0 atom stereocenters. The van der Waals surface area contributed by atoms with E-state index >= 15 is 0 Å². The van der Waals surface area contributed by atoms with E-state index < -0.39 is 10.9 Å². The molecule has 0 aromatic carbocycles. The summed E-state index contributed by atoms with van der Waals surface area (Å²) in [7, 11) is 13.4. The number of nitrogens with zero attached hydrogens (tertiary/aromatic N) is 1. The Labute approximate surface area is 71.1 Å². The third kappa shape index (κ3) is 12.1. The zero-order chi connectivity index (χ0) is 7.11. The number of nitrogens with one attached hydrogen (secondary N) is 1. The van der Waals surface area contributed by atoms with Gasteiger partial charge in [0.05, 0.1) is 12.9 Å². The zero-order valence-corrected chi connectivity index (χ0v) is 7.71. The first-order valence-electron chi connectivity index (χ1n) is 2.09. The van der Waals surface area contributed by atoms with Crippen molar-refractivity contribution >= 4 is 36.8 Å². The maximum absolute atomic E-state index is 4.87. The van der Waals surface area contributed by atoms with Crippen LogP contribution in [-0.4, -0.2) is 19.4 Å². The van der Waals surface area contributed by atoms with Gasteiger partial charge in [-0.05, 0) is 0 Å². The summed E-state index contributed by atoms with van der Waals surface area (Å²) in [5.41, 5.74) is 0. The van der Waals surface area contributed by atoms with E-state index in [1.54, 1.807) is 6.34 Å². The van der Waals surface area contributed by atoms with Crippen LogP contribution in [0.2, 0.25) is 0 Å². The summed E-state index contributed by atoms with van der Waals surface area (Å²) in [5.74, 6) is 0. The van der Waals surface area contributed by atoms with Crippen LogP contribution in [-0.2, 0) is 10.9 Å². The van der Waals surface area contributed by atoms with Gasteiger partial charge >= 0.3 is 41.4 Å². The molecule has 0 unspecified atom stereocenters. The van der Waals surface area contributed by atoms with E-state index in [-0.39, 0.29) is 0 Å². The van der Waals surface area contributed by atoms with Crippen LogP contribution in [0.3, 0.4) is 0 Å². The Morgan fingerprint density at radius 3 is 2.11 bits per heavy atom. The van der Waals surface area contributed by atoms with E-state index in [1.807, 2.05) is 0 Å². The minimum absolute atomic E-state index is 0.958. The van der Waals surface area contributed by atoms with Crippen LogP contribution in [0.15, 0.2) is 4.99 Å². The van der Waals surface area contributed by atoms with Crippen LogP contribution in [0.1, 0.15) is 0 Å². The minimum atomic E-state index is -1.19. The molecule has 0 aromatic heterocycles. The second-order valence-electron chi connectivity index (χ2n) is 1.13. The van der Waals surface area contributed by atoms with Crippen LogP contribution in [0.25, 0.3) is 0 Å². The molecule has 0 spiro atoms. The van der Waals surface area contributed by atoms with Crippen molar-refractivity contribution in [3.05, 3.63) is 0 Å². The number of halogens is 3. The van der Waals surface area contributed by atoms with Crippen molar-refractivity contribution in [1.29, 1.82) is 0 Å². The fourth-order valence-electron chi connectivity index (χ4n) is 0.323. The van der Waals surface area contributed by atoms with Crippen molar-refractivity contribution < 1.29 is 10.9 Å². The molecule has 0 saturated carbocycles. The van der Waals surface area contributed by atoms with E-state index in [1.165, 1.54) is 0 Å². The SMILES string of the molecule is C1=NCCN1.[Cl][Co]([Cl])[Cl]. The molecule has 1 aliphatic heterocycles. The molecule has 58 valence electrons. The summed E-state index contributed by atoms with van der Waals surface area (Å²) in [4.78, 5) is 3.85. The van der Waals surface area contributed by atoms with E-state index in [4.69, 9.17) is 30.4 Å². The summed E-state index contributed by atoms with van der Waals surface area (Å²) < 4.78 is 0. The van der Waals surface area contributed by atoms with Gasteiger partial charge in [-0.25, -0.2) is 0 Å². The number of rotatable bonds is 0. The number of hydrogen-bond donors (Lipinski definition) is 1. The Morgan fingerprint density at radius 1 is 1.44 bits per heavy atom. The molecule has 0 aliphatic carbocycles. The molecule has 0 amide bonds. The summed E-state index contributed by atoms with van der Waals surface area (Å²) in [6.07, 6.45) is 1.74. The monoisotopic (exact) mass is 234 g/mol. The molecule has 1 N–H and O–H groups in total. The topological polar surface area (TPSA) is 24.4 Å². The normalized spacial score (nSPS) is 15.7. The van der Waals surface area contributed by atoms with Crippen LogP contribution in [0.4, 0.5) is 0 Å². The fourth-order valence-corrected chi connectivity index (χ4v) is 0.323. The van der Waals surface area contributed by atoms with Crippen molar-refractivity contribution in [3.63, 3.8) is 0 Å². The predicted octanol–water partition coefficient (Wildman–Crippen LogP) is 1.68. The van der Waals surface area contributed by atoms with E-state index in [2.05, 4.69) is 10.3 Å². The average Bonchev–Trinajstić information content (AvgIpc) is 2.11. The summed E-state index contributed by atoms with van der Waals surface area (Å²) >= 11 is 0. The van der Waals surface area contributed by atoms with E-state index in [0.29, 0.717) is 0 Å². The molecular formula is C3H6Cl3CoN2. The Balaban J connectivity index is 0.000000148. The Hall–Kier alpha value is 0.846. The van der Waals surface area contributed by atoms with Gasteiger partial charge in [-0.2, -0.15) is 0 Å². The van der Waals surface area contributed by atoms with Crippen molar-refractivity contribution in [1.82, 2.24) is 5.32 Å². The predicted molar refractivity (Wildman–Crippen MR) is 38.9 cm³/mol. The van der Waals surface area contributed by atoms with Gasteiger partial charge in [-0.15, -0.1) is 0 Å². The van der Waals surface area contributed by atoms with Crippen LogP contribution in [0.5, 0.6) is 0 Å². The van der Waals surface area contributed by atoms with Gasteiger partial charge < -0.3 is 5.32 Å². The van der Waals surface area contributed by atoms with Gasteiger partial charge in [0.15, 0.2) is 0 Å². The van der Waals surface area contributed by atoms with Gasteiger partial charge in [0.25, 0.3) is 0 Å². The first-order chi connectivity index (χ1) is 4.23. The van der Waals surface area contributed by atoms with Gasteiger partial charge in [-0.3, -0.25) is 4.99 Å². The Bertz CT molecular complexity index is 78.4. The molecule has 0 aromatic rings. The third-order valence-electron chi connectivity index (χ3n) is 0.568. The standard InChI is InChI=1S/C3H6N2.3ClH.Co/c1-2-5-3-4-1;;;;/h3H,1-2H2,(H,4,5);3*1H;/q;;;;+3/p-3. The maximum atomic E-state index is 4.87. The average molecular weight is 235 g/mol. The molecule has 0 bridgehead atoms. The van der Waals surface area contributed by atoms with Crippen molar-refractivity contribution in [3.8, 4) is 0 Å². The second-order valence-corrected chi connectivity index (χ2v) is 6.29. The third-order valence-corrected chi connectivity index (χ3v) is 0.568. The number of hydrogen-bond acceptors (Lipinski definition) is 2. The summed E-state index contributed by atoms with van der Waals surface area (Å²) in [6, 6.07) is 0. The van der Waals surface area contributed by atoms with Crippen LogP contribution >= 0.6 is 30.4 Å². The first-order valence-corrected chi connectivity index (χ1v) is 6.39. The molecule has 2 nitrogen and oxygen atoms in total. The van der Waals surface area contributed by atoms with E-state index in [0.717, 1.165) is 13.1 Å². The van der Waals surface area contributed by atoms with Gasteiger partial charge in [0, 0.05) is 6.54 Å². The molecule has 1 aliphatic rings. The van der Waals surface area contributed by atoms with Crippen molar-refractivity contribution in [2.45, 2.75) is 0 Å². The molecule has 1 rings (SSSR count). The second kappa shape index (κ2) is 6.96. The fraction of sp³-hybridized carbons (Fsp3) is 0.667. The van der Waals surface area contributed by atoms with Crippen molar-refractivity contribution in [2.24, 2.45) is 4.99 Å². The first kappa shape index (κ1) is 9.85. The Kier molecular flexibility index (Phi) is 7.61. The van der Waals surface area contributed by atoms with Gasteiger partial charge in [0.1, 0.15) is 0 Å². The number of aliphatic imine (C=N–C) groups is 1. The summed E-state index contributed by atoms with van der Waals surface area (Å²) in [5, 5.41) is 2.93.